The smallest absolute Gasteiger partial charge is 0.331 e. The van der Waals surface area contributed by atoms with Crippen LogP contribution in [-0.2, 0) is 6.54 Å². The molecule has 24 heavy (non-hydrogen) atoms. The highest BCUT2D eigenvalue weighted by molar-refractivity contribution is 5.79. The van der Waals surface area contributed by atoms with Crippen LogP contribution in [0, 0.1) is 0 Å². The standard InChI is InChI=1S/C17H15N3O4/c1-24-13-6-4-11(5-7-13)10-20-16(22)14(15(21)19-17(20)23)9-12-3-2-8-18-12/h2-9,22H,10H2,1H3,(H,19,21,23). The van der Waals surface area contributed by atoms with Gasteiger partial charge in [0.1, 0.15) is 11.3 Å². The van der Waals surface area contributed by atoms with Gasteiger partial charge in [-0.1, -0.05) is 12.1 Å². The molecule has 3 rings (SSSR count). The Labute approximate surface area is 136 Å². The highest BCUT2D eigenvalue weighted by atomic mass is 16.5. The number of hydrogen-bond donors (Lipinski definition) is 2. The van der Waals surface area contributed by atoms with E-state index in [1.807, 2.05) is 0 Å². The normalized spacial score (nSPS) is 14.5. The summed E-state index contributed by atoms with van der Waals surface area (Å²) >= 11 is 0. The van der Waals surface area contributed by atoms with Gasteiger partial charge >= 0.3 is 5.69 Å². The van der Waals surface area contributed by atoms with Crippen molar-refractivity contribution in [3.63, 3.8) is 0 Å². The highest BCUT2D eigenvalue weighted by Gasteiger charge is 2.13. The number of allylic oxidation sites excluding steroid dienone is 2. The van der Waals surface area contributed by atoms with Crippen molar-refractivity contribution in [3.05, 3.63) is 74.1 Å². The number of benzene rings is 1. The topological polar surface area (TPSA) is 96.7 Å². The first kappa shape index (κ1) is 15.5. The molecule has 122 valence electrons. The zero-order chi connectivity index (χ0) is 17.1. The third kappa shape index (κ3) is 3.05. The van der Waals surface area contributed by atoms with Crippen molar-refractivity contribution in [2.24, 2.45) is 4.99 Å². The van der Waals surface area contributed by atoms with Gasteiger partial charge in [0, 0.05) is 6.21 Å². The van der Waals surface area contributed by atoms with Crippen molar-refractivity contribution >= 4 is 12.3 Å². The molecule has 2 heterocycles. The lowest BCUT2D eigenvalue weighted by atomic mass is 10.2. The Kier molecular flexibility index (Phi) is 4.15. The second-order valence-corrected chi connectivity index (χ2v) is 5.14. The van der Waals surface area contributed by atoms with E-state index >= 15 is 0 Å². The molecular weight excluding hydrogens is 310 g/mol. The Morgan fingerprint density at radius 1 is 1.29 bits per heavy atom. The van der Waals surface area contributed by atoms with Crippen molar-refractivity contribution in [1.29, 1.82) is 0 Å². The van der Waals surface area contributed by atoms with Crippen molar-refractivity contribution in [3.8, 4) is 11.6 Å². The molecule has 0 amide bonds. The van der Waals surface area contributed by atoms with Crippen LogP contribution in [0.4, 0.5) is 0 Å². The maximum absolute atomic E-state index is 12.0. The van der Waals surface area contributed by atoms with Crippen molar-refractivity contribution in [2.45, 2.75) is 6.54 Å². The molecule has 0 bridgehead atoms. The van der Waals surface area contributed by atoms with Crippen LogP contribution in [-0.4, -0.2) is 28.0 Å². The van der Waals surface area contributed by atoms with Gasteiger partial charge in [-0.25, -0.2) is 4.79 Å². The van der Waals surface area contributed by atoms with Gasteiger partial charge in [-0.3, -0.25) is 19.3 Å². The predicted octanol–water partition coefficient (Wildman–Crippen LogP) is 1.28. The summed E-state index contributed by atoms with van der Waals surface area (Å²) in [6, 6.07) is 7.06. The fourth-order valence-corrected chi connectivity index (χ4v) is 2.31. The first-order valence-electron chi connectivity index (χ1n) is 7.20. The molecule has 0 saturated heterocycles. The van der Waals surface area contributed by atoms with Crippen LogP contribution < -0.4 is 16.0 Å². The molecule has 0 spiro atoms. The van der Waals surface area contributed by atoms with E-state index in [9.17, 15) is 14.7 Å². The summed E-state index contributed by atoms with van der Waals surface area (Å²) in [6.45, 7) is 0.112. The Morgan fingerprint density at radius 3 is 2.67 bits per heavy atom. The number of ether oxygens (including phenoxy) is 1. The van der Waals surface area contributed by atoms with Gasteiger partial charge in [-0.2, -0.15) is 0 Å². The summed E-state index contributed by atoms with van der Waals surface area (Å²) in [4.78, 5) is 30.2. The monoisotopic (exact) mass is 325 g/mol. The van der Waals surface area contributed by atoms with Gasteiger partial charge in [-0.05, 0) is 35.9 Å². The molecule has 1 aromatic heterocycles. The molecular formula is C17H15N3O4. The number of rotatable bonds is 4. The van der Waals surface area contributed by atoms with Crippen molar-refractivity contribution in [1.82, 2.24) is 9.55 Å². The second-order valence-electron chi connectivity index (χ2n) is 5.14. The van der Waals surface area contributed by atoms with Gasteiger partial charge in [0.05, 0.1) is 19.4 Å². The molecule has 1 aliphatic rings. The predicted molar refractivity (Wildman–Crippen MR) is 90.7 cm³/mol. The molecule has 7 heteroatoms. The molecule has 0 saturated carbocycles. The Morgan fingerprint density at radius 2 is 2.04 bits per heavy atom. The summed E-state index contributed by atoms with van der Waals surface area (Å²) in [5.74, 6) is 0.288. The van der Waals surface area contributed by atoms with Crippen LogP contribution in [0.25, 0.3) is 6.08 Å². The van der Waals surface area contributed by atoms with Gasteiger partial charge in [-0.15, -0.1) is 0 Å². The van der Waals surface area contributed by atoms with Crippen molar-refractivity contribution < 1.29 is 9.84 Å². The zero-order valence-electron chi connectivity index (χ0n) is 12.9. The second kappa shape index (κ2) is 6.41. The van der Waals surface area contributed by atoms with Crippen LogP contribution in [0.3, 0.4) is 0 Å². The molecule has 0 unspecified atom stereocenters. The minimum Gasteiger partial charge on any atom is -0.497 e. The number of H-pyrrole nitrogens is 1. The summed E-state index contributed by atoms with van der Waals surface area (Å²) in [6.07, 6.45) is 6.41. The number of hydrogen-bond acceptors (Lipinski definition) is 5. The third-order valence-corrected chi connectivity index (χ3v) is 3.58. The fourth-order valence-electron chi connectivity index (χ4n) is 2.31. The van der Waals surface area contributed by atoms with E-state index < -0.39 is 17.1 Å². The summed E-state index contributed by atoms with van der Waals surface area (Å²) in [7, 11) is 1.56. The first-order valence-corrected chi connectivity index (χ1v) is 7.20. The number of aliphatic imine (C=N–C) groups is 1. The van der Waals surface area contributed by atoms with E-state index in [2.05, 4.69) is 9.98 Å². The van der Waals surface area contributed by atoms with E-state index in [1.165, 1.54) is 6.08 Å². The summed E-state index contributed by atoms with van der Waals surface area (Å²) < 4.78 is 6.18. The Bertz CT molecular complexity index is 949. The van der Waals surface area contributed by atoms with E-state index in [-0.39, 0.29) is 12.1 Å². The number of nitrogens with one attached hydrogen (secondary N) is 1. The molecule has 1 aliphatic heterocycles. The lowest BCUT2D eigenvalue weighted by molar-refractivity contribution is 0.407. The molecule has 2 aromatic rings. The van der Waals surface area contributed by atoms with Gasteiger partial charge in [0.2, 0.25) is 5.88 Å². The lowest BCUT2D eigenvalue weighted by Crippen LogP contribution is -2.31. The van der Waals surface area contributed by atoms with Gasteiger partial charge in [0.25, 0.3) is 5.56 Å². The molecule has 2 N–H and O–H groups in total. The molecule has 0 fully saturated rings. The number of aromatic amines is 1. The Hall–Kier alpha value is -3.35. The van der Waals surface area contributed by atoms with Crippen LogP contribution in [0.1, 0.15) is 11.1 Å². The minimum atomic E-state index is -0.680. The van der Waals surface area contributed by atoms with Crippen LogP contribution in [0.2, 0.25) is 0 Å². The molecule has 1 aromatic carbocycles. The van der Waals surface area contributed by atoms with Crippen LogP contribution in [0.5, 0.6) is 11.6 Å². The van der Waals surface area contributed by atoms with E-state index in [0.29, 0.717) is 11.4 Å². The number of aromatic hydroxyl groups is 1. The highest BCUT2D eigenvalue weighted by Crippen LogP contribution is 2.18. The fraction of sp³-hybridized carbons (Fsp3) is 0.118. The summed E-state index contributed by atoms with van der Waals surface area (Å²) in [5.41, 5.74) is -0.0580. The maximum Gasteiger partial charge on any atom is 0.331 e. The van der Waals surface area contributed by atoms with Crippen molar-refractivity contribution in [2.75, 3.05) is 7.11 Å². The average molecular weight is 325 g/mol. The minimum absolute atomic E-state index is 0.0122. The van der Waals surface area contributed by atoms with Gasteiger partial charge in [0.15, 0.2) is 0 Å². The summed E-state index contributed by atoms with van der Waals surface area (Å²) in [5, 5.41) is 10.4. The largest absolute Gasteiger partial charge is 0.497 e. The molecule has 0 aliphatic carbocycles. The SMILES string of the molecule is COc1ccc(Cn2c(O)c(C=C3C=CC=N3)c(=O)[nH]c2=O)cc1. The molecule has 0 radical (unpaired) electrons. The quantitative estimate of drug-likeness (QED) is 0.885. The molecule has 0 atom stereocenters. The van der Waals surface area contributed by atoms with E-state index in [4.69, 9.17) is 4.74 Å². The average Bonchev–Trinajstić information content (AvgIpc) is 3.09. The number of nitrogens with zero attached hydrogens (tertiary/aromatic N) is 2. The zero-order valence-corrected chi connectivity index (χ0v) is 12.9. The lowest BCUT2D eigenvalue weighted by Gasteiger charge is -2.10. The number of methoxy groups -OCH3 is 1. The van der Waals surface area contributed by atoms with E-state index in [1.54, 1.807) is 49.7 Å². The van der Waals surface area contributed by atoms with Gasteiger partial charge < -0.3 is 9.84 Å². The number of aromatic nitrogens is 2. The molecule has 7 nitrogen and oxygen atoms in total. The third-order valence-electron chi connectivity index (χ3n) is 3.58. The van der Waals surface area contributed by atoms with E-state index in [0.717, 1.165) is 10.1 Å². The van der Waals surface area contributed by atoms with Crippen LogP contribution >= 0.6 is 0 Å². The first-order chi connectivity index (χ1) is 11.6. The Balaban J connectivity index is 2.02. The maximum atomic E-state index is 12.0. The van der Waals surface area contributed by atoms with Crippen LogP contribution in [0.15, 0.2) is 56.7 Å².